The van der Waals surface area contributed by atoms with Gasteiger partial charge in [0.2, 0.25) is 5.79 Å². The van der Waals surface area contributed by atoms with E-state index in [9.17, 15) is 20.4 Å². The molecule has 6 N–H and O–H groups in total. The second-order valence-electron chi connectivity index (χ2n) is 3.27. The van der Waals surface area contributed by atoms with Crippen LogP contribution < -0.4 is 0 Å². The third kappa shape index (κ3) is 1.75. The Bertz CT molecular complexity index is 196. The number of ether oxygens (including phenoxy) is 1. The lowest BCUT2D eigenvalue weighted by atomic mass is 9.93. The Labute approximate surface area is 79.8 Å². The van der Waals surface area contributed by atoms with Crippen LogP contribution in [0.15, 0.2) is 0 Å². The van der Waals surface area contributed by atoms with Gasteiger partial charge in [0.05, 0.1) is 13.2 Å². The highest BCUT2D eigenvalue weighted by Gasteiger charge is 2.52. The molecule has 5 atom stereocenters. The van der Waals surface area contributed by atoms with E-state index in [0.29, 0.717) is 0 Å². The Hall–Kier alpha value is -0.280. The molecule has 0 unspecified atom stereocenters. The van der Waals surface area contributed by atoms with Crippen molar-refractivity contribution in [1.29, 1.82) is 0 Å². The van der Waals surface area contributed by atoms with E-state index >= 15 is 0 Å². The fraction of sp³-hybridized carbons (Fsp3) is 1.00. The molecule has 0 aliphatic carbocycles. The predicted molar refractivity (Wildman–Crippen MR) is 42.0 cm³/mol. The number of aliphatic hydroxyl groups excluding tert-OH is 5. The topological polar surface area (TPSA) is 131 Å². The van der Waals surface area contributed by atoms with Crippen LogP contribution in [-0.4, -0.2) is 74.1 Å². The van der Waals surface area contributed by atoms with Crippen molar-refractivity contribution >= 4 is 0 Å². The van der Waals surface area contributed by atoms with Crippen molar-refractivity contribution in [2.75, 3.05) is 13.2 Å². The van der Waals surface area contributed by atoms with Crippen molar-refractivity contribution in [3.8, 4) is 0 Å². The smallest absolute Gasteiger partial charge is 0.219 e. The van der Waals surface area contributed by atoms with Gasteiger partial charge < -0.3 is 35.4 Å². The molecule has 1 rings (SSSR count). The second kappa shape index (κ2) is 4.07. The van der Waals surface area contributed by atoms with E-state index in [4.69, 9.17) is 10.2 Å². The van der Waals surface area contributed by atoms with E-state index < -0.39 is 43.4 Å². The van der Waals surface area contributed by atoms with Crippen molar-refractivity contribution in [2.45, 2.75) is 30.2 Å². The minimum absolute atomic E-state index is 0.646. The van der Waals surface area contributed by atoms with Crippen LogP contribution in [0.5, 0.6) is 0 Å². The summed E-state index contributed by atoms with van der Waals surface area (Å²) in [7, 11) is 0. The van der Waals surface area contributed by atoms with E-state index in [1.165, 1.54) is 0 Å². The summed E-state index contributed by atoms with van der Waals surface area (Å²) < 4.78 is 4.66. The van der Waals surface area contributed by atoms with Crippen molar-refractivity contribution in [3.05, 3.63) is 0 Å². The first-order valence-electron chi connectivity index (χ1n) is 4.12. The third-order valence-electron chi connectivity index (χ3n) is 2.28. The number of hydrogen-bond acceptors (Lipinski definition) is 7. The van der Waals surface area contributed by atoms with Crippen molar-refractivity contribution in [2.24, 2.45) is 0 Å². The SMILES string of the molecule is OC[C@@H]1O[C@](O)(CO)[C@@H](O)[C@H](O)[C@@H]1O. The van der Waals surface area contributed by atoms with Gasteiger partial charge in [0.15, 0.2) is 0 Å². The molecule has 7 heteroatoms. The zero-order valence-corrected chi connectivity index (χ0v) is 7.32. The zero-order valence-electron chi connectivity index (χ0n) is 7.32. The molecule has 0 aromatic rings. The predicted octanol–water partition coefficient (Wildman–Crippen LogP) is -3.86. The average Bonchev–Trinajstić information content (AvgIpc) is 2.20. The molecule has 7 nitrogen and oxygen atoms in total. The summed E-state index contributed by atoms with van der Waals surface area (Å²) in [5.74, 6) is -2.36. The van der Waals surface area contributed by atoms with Crippen molar-refractivity contribution in [3.63, 3.8) is 0 Å². The van der Waals surface area contributed by atoms with Crippen LogP contribution in [0.3, 0.4) is 0 Å². The van der Waals surface area contributed by atoms with Crippen LogP contribution in [0.4, 0.5) is 0 Å². The van der Waals surface area contributed by atoms with Gasteiger partial charge in [0.25, 0.3) is 0 Å². The highest BCUT2D eigenvalue weighted by atomic mass is 16.7. The van der Waals surface area contributed by atoms with Gasteiger partial charge in [0, 0.05) is 0 Å². The van der Waals surface area contributed by atoms with E-state index in [0.717, 1.165) is 0 Å². The van der Waals surface area contributed by atoms with Gasteiger partial charge in [-0.25, -0.2) is 0 Å². The minimum atomic E-state index is -2.36. The van der Waals surface area contributed by atoms with Gasteiger partial charge >= 0.3 is 0 Å². The van der Waals surface area contributed by atoms with Crippen LogP contribution in [0, 0.1) is 0 Å². The van der Waals surface area contributed by atoms with Gasteiger partial charge in [-0.15, -0.1) is 0 Å². The average molecular weight is 210 g/mol. The van der Waals surface area contributed by atoms with Crippen molar-refractivity contribution in [1.82, 2.24) is 0 Å². The summed E-state index contributed by atoms with van der Waals surface area (Å²) in [5, 5.41) is 54.6. The standard InChI is InChI=1S/C7H14O7/c8-1-3-4(10)5(11)6(12)7(13,2-9)14-3/h3-6,8-13H,1-2H2/t3-,4+,5+,6-,7+/m0/s1. The molecule has 1 aliphatic rings. The first-order valence-corrected chi connectivity index (χ1v) is 4.12. The quantitative estimate of drug-likeness (QED) is 0.275. The van der Waals surface area contributed by atoms with Gasteiger partial charge in [-0.05, 0) is 0 Å². The number of hydrogen-bond donors (Lipinski definition) is 6. The summed E-state index contributed by atoms with van der Waals surface area (Å²) in [4.78, 5) is 0. The lowest BCUT2D eigenvalue weighted by molar-refractivity contribution is -0.357. The summed E-state index contributed by atoms with van der Waals surface area (Å²) in [6.07, 6.45) is -6.27. The molecule has 0 bridgehead atoms. The molecular formula is C7H14O7. The maximum atomic E-state index is 9.43. The Balaban J connectivity index is 2.84. The van der Waals surface area contributed by atoms with Gasteiger partial charge in [0.1, 0.15) is 24.4 Å². The monoisotopic (exact) mass is 210 g/mol. The number of rotatable bonds is 2. The molecule has 14 heavy (non-hydrogen) atoms. The molecular weight excluding hydrogens is 196 g/mol. The van der Waals surface area contributed by atoms with Gasteiger partial charge in [-0.3, -0.25) is 0 Å². The first kappa shape index (κ1) is 11.8. The van der Waals surface area contributed by atoms with E-state index in [1.807, 2.05) is 0 Å². The molecule has 0 aromatic carbocycles. The second-order valence-corrected chi connectivity index (χ2v) is 3.27. The maximum Gasteiger partial charge on any atom is 0.219 e. The van der Waals surface area contributed by atoms with Crippen LogP contribution in [-0.2, 0) is 4.74 Å². The third-order valence-corrected chi connectivity index (χ3v) is 2.28. The Morgan fingerprint density at radius 1 is 1.07 bits per heavy atom. The molecule has 84 valence electrons. The Morgan fingerprint density at radius 3 is 2.07 bits per heavy atom. The van der Waals surface area contributed by atoms with Crippen LogP contribution in [0.2, 0.25) is 0 Å². The molecule has 0 spiro atoms. The van der Waals surface area contributed by atoms with Crippen LogP contribution in [0.25, 0.3) is 0 Å². The Kier molecular flexibility index (Phi) is 3.43. The molecule has 0 radical (unpaired) electrons. The van der Waals surface area contributed by atoms with Crippen LogP contribution >= 0.6 is 0 Å². The molecule has 1 aliphatic heterocycles. The summed E-state index contributed by atoms with van der Waals surface area (Å²) in [6, 6.07) is 0. The molecule has 1 heterocycles. The lowest BCUT2D eigenvalue weighted by Crippen LogP contribution is -2.66. The largest absolute Gasteiger partial charge is 0.394 e. The van der Waals surface area contributed by atoms with E-state index in [-0.39, 0.29) is 0 Å². The fourth-order valence-corrected chi connectivity index (χ4v) is 1.35. The fourth-order valence-electron chi connectivity index (χ4n) is 1.35. The molecule has 0 amide bonds. The lowest BCUT2D eigenvalue weighted by Gasteiger charge is -2.44. The first-order chi connectivity index (χ1) is 6.46. The summed E-state index contributed by atoms with van der Waals surface area (Å²) in [6.45, 7) is -1.60. The molecule has 0 saturated carbocycles. The highest BCUT2D eigenvalue weighted by Crippen LogP contribution is 2.27. The van der Waals surface area contributed by atoms with Gasteiger partial charge in [-0.2, -0.15) is 0 Å². The highest BCUT2D eigenvalue weighted by molar-refractivity contribution is 4.95. The zero-order chi connectivity index (χ0) is 10.9. The molecule has 1 saturated heterocycles. The number of aliphatic hydroxyl groups is 6. The summed E-state index contributed by atoms with van der Waals surface area (Å²) >= 11 is 0. The van der Waals surface area contributed by atoms with Crippen LogP contribution in [0.1, 0.15) is 0 Å². The summed E-state index contributed by atoms with van der Waals surface area (Å²) in [5.41, 5.74) is 0. The van der Waals surface area contributed by atoms with E-state index in [2.05, 4.69) is 4.74 Å². The van der Waals surface area contributed by atoms with Gasteiger partial charge in [-0.1, -0.05) is 0 Å². The normalized spacial score (nSPS) is 49.3. The molecule has 1 fully saturated rings. The minimum Gasteiger partial charge on any atom is -0.394 e. The van der Waals surface area contributed by atoms with E-state index in [1.54, 1.807) is 0 Å². The maximum absolute atomic E-state index is 9.43. The molecule has 0 aromatic heterocycles. The van der Waals surface area contributed by atoms with Crippen molar-refractivity contribution < 1.29 is 35.4 Å². The Morgan fingerprint density at radius 2 is 1.64 bits per heavy atom.